The maximum atomic E-state index is 2.24. The van der Waals surface area contributed by atoms with Crippen molar-refractivity contribution in [3.8, 4) is 0 Å². The van der Waals surface area contributed by atoms with Gasteiger partial charge in [0.2, 0.25) is 0 Å². The van der Waals surface area contributed by atoms with Gasteiger partial charge in [-0.15, -0.1) is 0 Å². The molecule has 0 aromatic heterocycles. The van der Waals surface area contributed by atoms with Gasteiger partial charge in [0.15, 0.2) is 0 Å². The summed E-state index contributed by atoms with van der Waals surface area (Å²) in [5.41, 5.74) is 0.281. The van der Waals surface area contributed by atoms with Gasteiger partial charge in [0, 0.05) is 5.41 Å². The maximum Gasteiger partial charge on any atom is 0.00702 e. The normalized spacial score (nSPS) is 31.8. The number of allylic oxidation sites excluding steroid dienone is 6. The van der Waals surface area contributed by atoms with Gasteiger partial charge in [0.05, 0.1) is 0 Å². The minimum absolute atomic E-state index is 0.281. The summed E-state index contributed by atoms with van der Waals surface area (Å²) < 4.78 is 0. The Morgan fingerprint density at radius 2 is 2.20 bits per heavy atom. The molecule has 1 atom stereocenters. The van der Waals surface area contributed by atoms with Crippen LogP contribution in [0.4, 0.5) is 0 Å². The lowest BCUT2D eigenvalue weighted by Gasteiger charge is -2.21. The van der Waals surface area contributed by atoms with E-state index in [0.717, 1.165) is 6.42 Å². The van der Waals surface area contributed by atoms with Crippen molar-refractivity contribution in [2.45, 2.75) is 20.3 Å². The molecular weight excluding hydrogens is 120 g/mol. The summed E-state index contributed by atoms with van der Waals surface area (Å²) in [6.45, 7) is 4.31. The smallest absolute Gasteiger partial charge is 0.00702 e. The zero-order valence-corrected chi connectivity index (χ0v) is 6.67. The predicted molar refractivity (Wildman–Crippen MR) is 45.8 cm³/mol. The second-order valence-electron chi connectivity index (χ2n) is 3.00. The number of hydrogen-bond donors (Lipinski definition) is 0. The number of rotatable bonds is 1. The van der Waals surface area contributed by atoms with E-state index in [2.05, 4.69) is 50.3 Å². The summed E-state index contributed by atoms with van der Waals surface area (Å²) in [5.74, 6) is 0. The standard InChI is InChI=1S/C10H14/c1-3-7-10(2)8-5-4-6-9-10/h3-8H,9H2,1-2H3. The molecule has 0 bridgehead atoms. The highest BCUT2D eigenvalue weighted by Crippen LogP contribution is 2.28. The minimum atomic E-state index is 0.281. The molecular formula is C10H14. The molecule has 0 spiro atoms. The van der Waals surface area contributed by atoms with E-state index >= 15 is 0 Å². The predicted octanol–water partition coefficient (Wildman–Crippen LogP) is 3.08. The first-order chi connectivity index (χ1) is 4.77. The minimum Gasteiger partial charge on any atom is -0.0908 e. The third-order valence-corrected chi connectivity index (χ3v) is 1.83. The van der Waals surface area contributed by atoms with Crippen LogP contribution in [0.2, 0.25) is 0 Å². The van der Waals surface area contributed by atoms with Gasteiger partial charge in [0.1, 0.15) is 0 Å². The van der Waals surface area contributed by atoms with Crippen molar-refractivity contribution < 1.29 is 0 Å². The third kappa shape index (κ3) is 1.60. The van der Waals surface area contributed by atoms with E-state index in [9.17, 15) is 0 Å². The van der Waals surface area contributed by atoms with Gasteiger partial charge in [-0.3, -0.25) is 0 Å². The molecule has 0 saturated carbocycles. The van der Waals surface area contributed by atoms with Crippen LogP contribution in [0.3, 0.4) is 0 Å². The molecule has 1 unspecified atom stereocenters. The van der Waals surface area contributed by atoms with Crippen molar-refractivity contribution in [3.63, 3.8) is 0 Å². The molecule has 0 nitrogen and oxygen atoms in total. The third-order valence-electron chi connectivity index (χ3n) is 1.83. The monoisotopic (exact) mass is 134 g/mol. The highest BCUT2D eigenvalue weighted by molar-refractivity contribution is 5.20. The molecule has 1 rings (SSSR count). The number of hydrogen-bond acceptors (Lipinski definition) is 0. The average Bonchev–Trinajstić information content (AvgIpc) is 1.89. The average molecular weight is 134 g/mol. The van der Waals surface area contributed by atoms with E-state index in [1.165, 1.54) is 0 Å². The van der Waals surface area contributed by atoms with Gasteiger partial charge in [-0.1, -0.05) is 43.4 Å². The van der Waals surface area contributed by atoms with Crippen molar-refractivity contribution >= 4 is 0 Å². The molecule has 1 aliphatic carbocycles. The Morgan fingerprint density at radius 3 is 2.70 bits per heavy atom. The van der Waals surface area contributed by atoms with Crippen molar-refractivity contribution in [2.75, 3.05) is 0 Å². The summed E-state index contributed by atoms with van der Waals surface area (Å²) in [6, 6.07) is 0. The van der Waals surface area contributed by atoms with Gasteiger partial charge >= 0.3 is 0 Å². The Hall–Kier alpha value is -0.780. The van der Waals surface area contributed by atoms with E-state index in [4.69, 9.17) is 0 Å². The first-order valence-corrected chi connectivity index (χ1v) is 3.75. The summed E-state index contributed by atoms with van der Waals surface area (Å²) in [5, 5.41) is 0. The molecule has 0 aromatic carbocycles. The lowest BCUT2D eigenvalue weighted by atomic mass is 9.84. The Balaban J connectivity index is 2.70. The zero-order chi connectivity index (χ0) is 7.45. The summed E-state index contributed by atoms with van der Waals surface area (Å²) in [6.07, 6.45) is 14.2. The maximum absolute atomic E-state index is 2.24. The molecule has 0 fully saturated rings. The van der Waals surface area contributed by atoms with Gasteiger partial charge in [-0.25, -0.2) is 0 Å². The van der Waals surface area contributed by atoms with Crippen LogP contribution in [0, 0.1) is 5.41 Å². The van der Waals surface area contributed by atoms with Crippen LogP contribution >= 0.6 is 0 Å². The molecule has 0 radical (unpaired) electrons. The summed E-state index contributed by atoms with van der Waals surface area (Å²) in [4.78, 5) is 0. The highest BCUT2D eigenvalue weighted by Gasteiger charge is 2.15. The lowest BCUT2D eigenvalue weighted by Crippen LogP contribution is -2.09. The fraction of sp³-hybridized carbons (Fsp3) is 0.400. The zero-order valence-electron chi connectivity index (χ0n) is 6.67. The van der Waals surface area contributed by atoms with E-state index in [1.54, 1.807) is 0 Å². The van der Waals surface area contributed by atoms with Gasteiger partial charge in [-0.05, 0) is 13.3 Å². The summed E-state index contributed by atoms with van der Waals surface area (Å²) >= 11 is 0. The van der Waals surface area contributed by atoms with Crippen LogP contribution in [0.15, 0.2) is 36.5 Å². The van der Waals surface area contributed by atoms with Gasteiger partial charge in [0.25, 0.3) is 0 Å². The first-order valence-electron chi connectivity index (χ1n) is 3.75. The molecule has 0 N–H and O–H groups in total. The van der Waals surface area contributed by atoms with Gasteiger partial charge in [-0.2, -0.15) is 0 Å². The van der Waals surface area contributed by atoms with Crippen LogP contribution in [0.25, 0.3) is 0 Å². The molecule has 0 saturated heterocycles. The molecule has 0 heteroatoms. The van der Waals surface area contributed by atoms with Crippen molar-refractivity contribution in [1.82, 2.24) is 0 Å². The molecule has 0 aliphatic heterocycles. The highest BCUT2D eigenvalue weighted by atomic mass is 14.2. The first kappa shape index (κ1) is 7.33. The van der Waals surface area contributed by atoms with Crippen LogP contribution in [0.1, 0.15) is 20.3 Å². The van der Waals surface area contributed by atoms with Crippen LogP contribution < -0.4 is 0 Å². The molecule has 0 aromatic rings. The summed E-state index contributed by atoms with van der Waals surface area (Å²) in [7, 11) is 0. The van der Waals surface area contributed by atoms with Crippen molar-refractivity contribution in [2.24, 2.45) is 5.41 Å². The fourth-order valence-corrected chi connectivity index (χ4v) is 1.25. The molecule has 1 aliphatic rings. The fourth-order valence-electron chi connectivity index (χ4n) is 1.25. The van der Waals surface area contributed by atoms with E-state index in [-0.39, 0.29) is 5.41 Å². The topological polar surface area (TPSA) is 0 Å². The quantitative estimate of drug-likeness (QED) is 0.483. The Morgan fingerprint density at radius 1 is 1.40 bits per heavy atom. The Bertz CT molecular complexity index is 184. The molecule has 0 heterocycles. The second-order valence-corrected chi connectivity index (χ2v) is 3.00. The second kappa shape index (κ2) is 2.87. The SMILES string of the molecule is CC=CC1(C)C=CC=CC1. The lowest BCUT2D eigenvalue weighted by molar-refractivity contribution is 0.556. The van der Waals surface area contributed by atoms with Crippen LogP contribution in [-0.2, 0) is 0 Å². The van der Waals surface area contributed by atoms with Gasteiger partial charge < -0.3 is 0 Å². The van der Waals surface area contributed by atoms with Crippen molar-refractivity contribution in [3.05, 3.63) is 36.5 Å². The Kier molecular flexibility index (Phi) is 2.10. The molecule has 54 valence electrons. The Labute approximate surface area is 62.9 Å². The van der Waals surface area contributed by atoms with E-state index in [1.807, 2.05) is 0 Å². The molecule has 10 heavy (non-hydrogen) atoms. The molecule has 0 amide bonds. The van der Waals surface area contributed by atoms with Crippen LogP contribution in [-0.4, -0.2) is 0 Å². The van der Waals surface area contributed by atoms with Crippen LogP contribution in [0.5, 0.6) is 0 Å². The van der Waals surface area contributed by atoms with E-state index < -0.39 is 0 Å². The van der Waals surface area contributed by atoms with Crippen molar-refractivity contribution in [1.29, 1.82) is 0 Å². The van der Waals surface area contributed by atoms with E-state index in [0.29, 0.717) is 0 Å². The largest absolute Gasteiger partial charge is 0.0908 e.